The fourth-order valence-corrected chi connectivity index (χ4v) is 1.32. The van der Waals surface area contributed by atoms with Crippen LogP contribution in [-0.2, 0) is 0 Å². The molecule has 0 fully saturated rings. The van der Waals surface area contributed by atoms with Crippen molar-refractivity contribution < 1.29 is 14.3 Å². The largest absolute Gasteiger partial charge is 0.508 e. The van der Waals surface area contributed by atoms with Crippen LogP contribution in [0.25, 0.3) is 0 Å². The number of anilines is 1. The van der Waals surface area contributed by atoms with Crippen LogP contribution in [0.4, 0.5) is 10.1 Å². The quantitative estimate of drug-likeness (QED) is 0.834. The van der Waals surface area contributed by atoms with Gasteiger partial charge in [0.2, 0.25) is 0 Å². The molecule has 0 spiro atoms. The van der Waals surface area contributed by atoms with E-state index in [9.17, 15) is 9.18 Å². The van der Waals surface area contributed by atoms with Gasteiger partial charge in [-0.15, -0.1) is 0 Å². The normalized spacial score (nSPS) is 9.94. The third-order valence-corrected chi connectivity index (χ3v) is 2.12. The summed E-state index contributed by atoms with van der Waals surface area (Å²) < 4.78 is 13.4. The average molecular weight is 232 g/mol. The topological polar surface area (TPSA) is 62.2 Å². The van der Waals surface area contributed by atoms with E-state index in [1.807, 2.05) is 0 Å². The maximum Gasteiger partial charge on any atom is 0.258 e. The summed E-state index contributed by atoms with van der Waals surface area (Å²) in [5, 5.41) is 11.5. The second-order valence-electron chi connectivity index (χ2n) is 3.36. The van der Waals surface area contributed by atoms with Gasteiger partial charge in [-0.2, -0.15) is 0 Å². The summed E-state index contributed by atoms with van der Waals surface area (Å²) in [5.74, 6) is -1.58. The second-order valence-corrected chi connectivity index (χ2v) is 3.36. The van der Waals surface area contributed by atoms with E-state index in [4.69, 9.17) is 5.11 Å². The van der Waals surface area contributed by atoms with Crippen molar-refractivity contribution in [2.45, 2.75) is 0 Å². The summed E-state index contributed by atoms with van der Waals surface area (Å²) in [6, 6.07) is 6.65. The first-order chi connectivity index (χ1) is 8.16. The zero-order chi connectivity index (χ0) is 12.3. The van der Waals surface area contributed by atoms with Gasteiger partial charge in [-0.05, 0) is 24.3 Å². The van der Waals surface area contributed by atoms with Gasteiger partial charge in [0.25, 0.3) is 5.91 Å². The van der Waals surface area contributed by atoms with Gasteiger partial charge in [-0.1, -0.05) is 0 Å². The van der Waals surface area contributed by atoms with Gasteiger partial charge in [-0.3, -0.25) is 9.78 Å². The van der Waals surface area contributed by atoms with E-state index in [0.717, 1.165) is 6.07 Å². The average Bonchev–Trinajstić information content (AvgIpc) is 2.30. The smallest absolute Gasteiger partial charge is 0.258 e. The van der Waals surface area contributed by atoms with Gasteiger partial charge in [0.05, 0.1) is 17.4 Å². The third kappa shape index (κ3) is 2.57. The Labute approximate surface area is 96.7 Å². The molecule has 5 heteroatoms. The molecule has 0 bridgehead atoms. The number of phenolic OH excluding ortho intramolecular Hbond substituents is 1. The molecule has 2 aromatic rings. The first-order valence-corrected chi connectivity index (χ1v) is 4.87. The molecule has 0 saturated carbocycles. The van der Waals surface area contributed by atoms with Crippen LogP contribution < -0.4 is 5.32 Å². The van der Waals surface area contributed by atoms with E-state index in [-0.39, 0.29) is 11.3 Å². The number of aromatic nitrogens is 1. The lowest BCUT2D eigenvalue weighted by Crippen LogP contribution is -2.13. The molecule has 4 nitrogen and oxygen atoms in total. The molecule has 0 atom stereocenters. The summed E-state index contributed by atoms with van der Waals surface area (Å²) in [4.78, 5) is 15.5. The molecule has 0 aliphatic rings. The van der Waals surface area contributed by atoms with E-state index in [2.05, 4.69) is 10.3 Å². The minimum atomic E-state index is -0.772. The Morgan fingerprint density at radius 1 is 1.35 bits per heavy atom. The molecule has 1 amide bonds. The van der Waals surface area contributed by atoms with E-state index < -0.39 is 11.7 Å². The number of rotatable bonds is 2. The fourth-order valence-electron chi connectivity index (χ4n) is 1.32. The molecule has 0 aliphatic heterocycles. The van der Waals surface area contributed by atoms with Crippen molar-refractivity contribution in [2.75, 3.05) is 5.32 Å². The molecule has 0 unspecified atom stereocenters. The second kappa shape index (κ2) is 4.61. The number of phenols is 1. The predicted molar refractivity (Wildman–Crippen MR) is 60.3 cm³/mol. The number of amides is 1. The lowest BCUT2D eigenvalue weighted by molar-refractivity contribution is 0.102. The molecule has 1 aromatic carbocycles. The summed E-state index contributed by atoms with van der Waals surface area (Å²) >= 11 is 0. The molecule has 1 aromatic heterocycles. The number of benzene rings is 1. The number of aromatic hydroxyl groups is 1. The van der Waals surface area contributed by atoms with Gasteiger partial charge < -0.3 is 10.4 Å². The minimum Gasteiger partial charge on any atom is -0.508 e. The standard InChI is InChI=1S/C12H9FN2O2/c13-11-6-9(16)3-4-10(11)12(17)15-8-2-1-5-14-7-8/h1-7,16H,(H,15,17). The fraction of sp³-hybridized carbons (Fsp3) is 0. The van der Waals surface area contributed by atoms with Gasteiger partial charge in [0, 0.05) is 12.3 Å². The highest BCUT2D eigenvalue weighted by Gasteiger charge is 2.12. The molecular formula is C12H9FN2O2. The molecule has 0 radical (unpaired) electrons. The van der Waals surface area contributed by atoms with Crippen molar-refractivity contribution in [1.82, 2.24) is 4.98 Å². The van der Waals surface area contributed by atoms with Gasteiger partial charge in [-0.25, -0.2) is 4.39 Å². The Morgan fingerprint density at radius 2 is 2.18 bits per heavy atom. The van der Waals surface area contributed by atoms with E-state index >= 15 is 0 Å². The van der Waals surface area contributed by atoms with Crippen LogP contribution in [0.15, 0.2) is 42.7 Å². The summed E-state index contributed by atoms with van der Waals surface area (Å²) in [5.41, 5.74) is 0.344. The first kappa shape index (κ1) is 11.1. The zero-order valence-corrected chi connectivity index (χ0v) is 8.72. The number of hydrogen-bond acceptors (Lipinski definition) is 3. The van der Waals surface area contributed by atoms with Crippen LogP contribution in [0.3, 0.4) is 0 Å². The molecular weight excluding hydrogens is 223 g/mol. The Hall–Kier alpha value is -2.43. The predicted octanol–water partition coefficient (Wildman–Crippen LogP) is 2.18. The van der Waals surface area contributed by atoms with Crippen molar-refractivity contribution in [3.05, 3.63) is 54.1 Å². The molecule has 17 heavy (non-hydrogen) atoms. The van der Waals surface area contributed by atoms with Crippen molar-refractivity contribution in [1.29, 1.82) is 0 Å². The van der Waals surface area contributed by atoms with E-state index in [1.54, 1.807) is 18.3 Å². The molecule has 1 heterocycles. The molecule has 2 N–H and O–H groups in total. The number of hydrogen-bond donors (Lipinski definition) is 2. The van der Waals surface area contributed by atoms with Crippen LogP contribution in [-0.4, -0.2) is 16.0 Å². The Balaban J connectivity index is 2.21. The SMILES string of the molecule is O=C(Nc1cccnc1)c1ccc(O)cc1F. The highest BCUT2D eigenvalue weighted by atomic mass is 19.1. The number of nitrogens with one attached hydrogen (secondary N) is 1. The van der Waals surface area contributed by atoms with Crippen LogP contribution in [0.1, 0.15) is 10.4 Å². The van der Waals surface area contributed by atoms with Gasteiger partial charge in [0.1, 0.15) is 11.6 Å². The van der Waals surface area contributed by atoms with Crippen LogP contribution >= 0.6 is 0 Å². The first-order valence-electron chi connectivity index (χ1n) is 4.87. The zero-order valence-electron chi connectivity index (χ0n) is 8.72. The molecule has 86 valence electrons. The number of carbonyl (C=O) groups is 1. The van der Waals surface area contributed by atoms with Crippen molar-refractivity contribution in [2.24, 2.45) is 0 Å². The van der Waals surface area contributed by atoms with Crippen LogP contribution in [0.5, 0.6) is 5.75 Å². The highest BCUT2D eigenvalue weighted by molar-refractivity contribution is 6.04. The summed E-state index contributed by atoms with van der Waals surface area (Å²) in [7, 11) is 0. The van der Waals surface area contributed by atoms with Gasteiger partial charge >= 0.3 is 0 Å². The Bertz CT molecular complexity index is 543. The van der Waals surface area contributed by atoms with E-state index in [0.29, 0.717) is 5.69 Å². The molecule has 2 rings (SSSR count). The molecule has 0 aliphatic carbocycles. The highest BCUT2D eigenvalue weighted by Crippen LogP contribution is 2.16. The minimum absolute atomic E-state index is 0.133. The molecule has 0 saturated heterocycles. The Kier molecular flexibility index (Phi) is 3.00. The number of halogens is 1. The Morgan fingerprint density at radius 3 is 2.82 bits per heavy atom. The maximum absolute atomic E-state index is 13.4. The van der Waals surface area contributed by atoms with Crippen LogP contribution in [0.2, 0.25) is 0 Å². The van der Waals surface area contributed by atoms with Crippen molar-refractivity contribution in [3.8, 4) is 5.75 Å². The van der Waals surface area contributed by atoms with Crippen LogP contribution in [0, 0.1) is 5.82 Å². The van der Waals surface area contributed by atoms with Crippen molar-refractivity contribution in [3.63, 3.8) is 0 Å². The lowest BCUT2D eigenvalue weighted by atomic mass is 10.2. The third-order valence-electron chi connectivity index (χ3n) is 2.12. The van der Waals surface area contributed by atoms with Gasteiger partial charge in [0.15, 0.2) is 0 Å². The maximum atomic E-state index is 13.4. The lowest BCUT2D eigenvalue weighted by Gasteiger charge is -2.05. The van der Waals surface area contributed by atoms with E-state index in [1.165, 1.54) is 18.3 Å². The number of nitrogens with zero attached hydrogens (tertiary/aromatic N) is 1. The summed E-state index contributed by atoms with van der Waals surface area (Å²) in [6.45, 7) is 0. The number of carbonyl (C=O) groups excluding carboxylic acids is 1. The van der Waals surface area contributed by atoms with Crippen molar-refractivity contribution >= 4 is 11.6 Å². The number of pyridine rings is 1. The summed E-state index contributed by atoms with van der Waals surface area (Å²) in [6.07, 6.45) is 3.02. The monoisotopic (exact) mass is 232 g/mol.